The normalized spacial score (nSPS) is 15.4. The van der Waals surface area contributed by atoms with E-state index in [0.29, 0.717) is 6.61 Å². The summed E-state index contributed by atoms with van der Waals surface area (Å²) in [6, 6.07) is 14.9. The molecular formula is C17H13IN2O3. The fourth-order valence-corrected chi connectivity index (χ4v) is 2.42. The van der Waals surface area contributed by atoms with Crippen LogP contribution in [0, 0.1) is 3.57 Å². The molecule has 6 heteroatoms. The molecule has 2 N–H and O–H groups in total. The number of imide groups is 1. The second-order valence-electron chi connectivity index (χ2n) is 4.95. The Hall–Kier alpha value is -2.35. The van der Waals surface area contributed by atoms with Crippen LogP contribution in [0.15, 0.2) is 54.2 Å². The smallest absolute Gasteiger partial charge is 0.326 e. The fraction of sp³-hybridized carbons (Fsp3) is 0.0588. The van der Waals surface area contributed by atoms with Crippen molar-refractivity contribution in [2.45, 2.75) is 6.61 Å². The summed E-state index contributed by atoms with van der Waals surface area (Å²) in [5.74, 6) is 0.319. The zero-order valence-electron chi connectivity index (χ0n) is 12.0. The van der Waals surface area contributed by atoms with Gasteiger partial charge in [0.05, 0.1) is 0 Å². The zero-order valence-corrected chi connectivity index (χ0v) is 14.2. The molecule has 0 radical (unpaired) electrons. The number of carbonyl (C=O) groups is 2. The molecule has 2 aromatic carbocycles. The molecule has 0 aliphatic carbocycles. The highest BCUT2D eigenvalue weighted by Crippen LogP contribution is 2.17. The van der Waals surface area contributed by atoms with Gasteiger partial charge in [-0.3, -0.25) is 10.1 Å². The third kappa shape index (κ3) is 4.10. The first-order valence-electron chi connectivity index (χ1n) is 6.91. The lowest BCUT2D eigenvalue weighted by atomic mass is 10.2. The van der Waals surface area contributed by atoms with E-state index < -0.39 is 11.9 Å². The first-order valence-corrected chi connectivity index (χ1v) is 7.99. The van der Waals surface area contributed by atoms with Gasteiger partial charge in [0.1, 0.15) is 18.1 Å². The second-order valence-corrected chi connectivity index (χ2v) is 6.20. The summed E-state index contributed by atoms with van der Waals surface area (Å²) in [5.41, 5.74) is 2.14. The monoisotopic (exact) mass is 420 g/mol. The average molecular weight is 420 g/mol. The van der Waals surface area contributed by atoms with E-state index >= 15 is 0 Å². The minimum Gasteiger partial charge on any atom is -0.489 e. The minimum atomic E-state index is -0.501. The topological polar surface area (TPSA) is 67.4 Å². The van der Waals surface area contributed by atoms with Crippen molar-refractivity contribution in [1.29, 1.82) is 0 Å². The Balaban J connectivity index is 1.63. The van der Waals surface area contributed by atoms with Gasteiger partial charge in [-0.15, -0.1) is 0 Å². The van der Waals surface area contributed by atoms with Gasteiger partial charge >= 0.3 is 6.03 Å². The van der Waals surface area contributed by atoms with Gasteiger partial charge in [-0.25, -0.2) is 4.79 Å². The minimum absolute atomic E-state index is 0.238. The molecule has 2 aromatic rings. The Labute approximate surface area is 146 Å². The van der Waals surface area contributed by atoms with Crippen molar-refractivity contribution in [3.05, 3.63) is 68.9 Å². The fourth-order valence-electron chi connectivity index (χ4n) is 2.06. The molecule has 23 heavy (non-hydrogen) atoms. The Morgan fingerprint density at radius 2 is 1.65 bits per heavy atom. The zero-order chi connectivity index (χ0) is 16.2. The summed E-state index contributed by atoms with van der Waals surface area (Å²) in [7, 11) is 0. The van der Waals surface area contributed by atoms with Gasteiger partial charge in [0.2, 0.25) is 0 Å². The first kappa shape index (κ1) is 15.5. The summed E-state index contributed by atoms with van der Waals surface area (Å²) < 4.78 is 6.91. The van der Waals surface area contributed by atoms with Gasteiger partial charge < -0.3 is 10.1 Å². The summed E-state index contributed by atoms with van der Waals surface area (Å²) in [6.45, 7) is 0.496. The Kier molecular flexibility index (Phi) is 4.61. The molecule has 0 bridgehead atoms. The summed E-state index contributed by atoms with van der Waals surface area (Å²) in [4.78, 5) is 22.5. The number of rotatable bonds is 4. The van der Waals surface area contributed by atoms with E-state index in [2.05, 4.69) is 33.2 Å². The van der Waals surface area contributed by atoms with E-state index in [-0.39, 0.29) is 5.70 Å². The third-order valence-electron chi connectivity index (χ3n) is 3.23. The third-order valence-corrected chi connectivity index (χ3v) is 3.95. The molecule has 5 nitrogen and oxygen atoms in total. The van der Waals surface area contributed by atoms with Crippen LogP contribution in [0.3, 0.4) is 0 Å². The van der Waals surface area contributed by atoms with E-state index in [1.165, 1.54) is 3.57 Å². The van der Waals surface area contributed by atoms with Crippen molar-refractivity contribution in [2.75, 3.05) is 0 Å². The van der Waals surface area contributed by atoms with Crippen molar-refractivity contribution in [2.24, 2.45) is 0 Å². The molecule has 1 aliphatic rings. The van der Waals surface area contributed by atoms with E-state index in [4.69, 9.17) is 4.74 Å². The molecule has 0 saturated carbocycles. The highest BCUT2D eigenvalue weighted by Gasteiger charge is 2.22. The molecule has 1 saturated heterocycles. The number of nitrogens with one attached hydrogen (secondary N) is 2. The number of halogens is 1. The van der Waals surface area contributed by atoms with Crippen LogP contribution in [0.25, 0.3) is 6.08 Å². The van der Waals surface area contributed by atoms with Gasteiger partial charge in [-0.05, 0) is 64.1 Å². The molecule has 116 valence electrons. The first-order chi connectivity index (χ1) is 11.1. The molecule has 0 aromatic heterocycles. The molecule has 1 aliphatic heterocycles. The lowest BCUT2D eigenvalue weighted by Crippen LogP contribution is -2.22. The maximum absolute atomic E-state index is 11.5. The molecule has 3 rings (SSSR count). The number of ether oxygens (including phenoxy) is 1. The summed E-state index contributed by atoms with van der Waals surface area (Å²) >= 11 is 2.26. The molecule has 3 amide bonds. The highest BCUT2D eigenvalue weighted by molar-refractivity contribution is 14.1. The van der Waals surface area contributed by atoms with E-state index in [0.717, 1.165) is 16.9 Å². The maximum Gasteiger partial charge on any atom is 0.326 e. The lowest BCUT2D eigenvalue weighted by Gasteiger charge is -2.07. The predicted octanol–water partition coefficient (Wildman–Crippen LogP) is 3.05. The maximum atomic E-state index is 11.5. The highest BCUT2D eigenvalue weighted by atomic mass is 127. The molecule has 0 spiro atoms. The lowest BCUT2D eigenvalue weighted by molar-refractivity contribution is -0.115. The number of hydrogen-bond donors (Lipinski definition) is 2. The van der Waals surface area contributed by atoms with Crippen LogP contribution in [0.1, 0.15) is 11.1 Å². The van der Waals surface area contributed by atoms with Crippen molar-refractivity contribution in [1.82, 2.24) is 10.6 Å². The van der Waals surface area contributed by atoms with Gasteiger partial charge in [-0.1, -0.05) is 24.3 Å². The van der Waals surface area contributed by atoms with Gasteiger partial charge in [-0.2, -0.15) is 0 Å². The summed E-state index contributed by atoms with van der Waals surface area (Å²) in [5, 5.41) is 4.61. The van der Waals surface area contributed by atoms with Crippen molar-refractivity contribution < 1.29 is 14.3 Å². The molecule has 1 fully saturated rings. The largest absolute Gasteiger partial charge is 0.489 e. The van der Waals surface area contributed by atoms with Crippen molar-refractivity contribution in [3.63, 3.8) is 0 Å². The van der Waals surface area contributed by atoms with Crippen LogP contribution in [0.2, 0.25) is 0 Å². The standard InChI is InChI=1S/C17H13IN2O3/c18-13-5-1-12(2-6-13)10-23-14-7-3-11(4-8-14)9-15-16(21)20-17(22)19-15/h1-9H,10H2,(H2,19,20,21,22). The Morgan fingerprint density at radius 3 is 2.26 bits per heavy atom. The Morgan fingerprint density at radius 1 is 0.957 bits per heavy atom. The van der Waals surface area contributed by atoms with Gasteiger partial charge in [0.25, 0.3) is 5.91 Å². The van der Waals surface area contributed by atoms with E-state index in [9.17, 15) is 9.59 Å². The van der Waals surface area contributed by atoms with Crippen LogP contribution in [-0.2, 0) is 11.4 Å². The van der Waals surface area contributed by atoms with E-state index in [1.807, 2.05) is 48.5 Å². The van der Waals surface area contributed by atoms with Crippen LogP contribution in [0.5, 0.6) is 5.75 Å². The number of amides is 3. The number of hydrogen-bond acceptors (Lipinski definition) is 3. The van der Waals surface area contributed by atoms with Crippen LogP contribution in [-0.4, -0.2) is 11.9 Å². The quantitative estimate of drug-likeness (QED) is 0.454. The van der Waals surface area contributed by atoms with Crippen molar-refractivity contribution in [3.8, 4) is 5.75 Å². The molecule has 1 heterocycles. The van der Waals surface area contributed by atoms with Crippen LogP contribution < -0.4 is 15.4 Å². The van der Waals surface area contributed by atoms with Crippen molar-refractivity contribution >= 4 is 40.6 Å². The SMILES string of the molecule is O=C1NC(=O)C(=Cc2ccc(OCc3ccc(I)cc3)cc2)N1. The Bertz CT molecular complexity index is 767. The number of carbonyl (C=O) groups excluding carboxylic acids is 2. The average Bonchev–Trinajstić information content (AvgIpc) is 2.86. The molecular weight excluding hydrogens is 407 g/mol. The number of benzene rings is 2. The summed E-state index contributed by atoms with van der Waals surface area (Å²) in [6.07, 6.45) is 1.61. The molecule has 0 unspecified atom stereocenters. The van der Waals surface area contributed by atoms with Gasteiger partial charge in [0, 0.05) is 3.57 Å². The van der Waals surface area contributed by atoms with Gasteiger partial charge in [0.15, 0.2) is 0 Å². The van der Waals surface area contributed by atoms with Crippen LogP contribution >= 0.6 is 22.6 Å². The number of urea groups is 1. The molecule has 0 atom stereocenters. The second kappa shape index (κ2) is 6.82. The van der Waals surface area contributed by atoms with E-state index in [1.54, 1.807) is 6.08 Å². The van der Waals surface area contributed by atoms with Crippen LogP contribution in [0.4, 0.5) is 4.79 Å². The predicted molar refractivity (Wildman–Crippen MR) is 94.6 cm³/mol.